The molecule has 0 saturated carbocycles. The molecule has 132 valence electrons. The lowest BCUT2D eigenvalue weighted by atomic mass is 10.1. The fourth-order valence-corrected chi connectivity index (χ4v) is 2.59. The summed E-state index contributed by atoms with van der Waals surface area (Å²) in [5, 5.41) is 6.06. The summed E-state index contributed by atoms with van der Waals surface area (Å²) < 4.78 is 0. The molecule has 0 bridgehead atoms. The number of rotatable bonds is 8. The Morgan fingerprint density at radius 1 is 1.24 bits per heavy atom. The van der Waals surface area contributed by atoms with Crippen molar-refractivity contribution in [2.75, 3.05) is 29.9 Å². The van der Waals surface area contributed by atoms with Crippen LogP contribution in [0.25, 0.3) is 0 Å². The van der Waals surface area contributed by atoms with Gasteiger partial charge in [0, 0.05) is 31.0 Å². The topological polar surface area (TPSA) is 57.3 Å². The van der Waals surface area contributed by atoms with Crippen LogP contribution in [0.1, 0.15) is 29.9 Å². The second-order valence-electron chi connectivity index (χ2n) is 5.73. The van der Waals surface area contributed by atoms with E-state index in [-0.39, 0.29) is 5.91 Å². The van der Waals surface area contributed by atoms with Crippen molar-refractivity contribution in [1.29, 1.82) is 0 Å². The molecule has 1 amide bonds. The van der Waals surface area contributed by atoms with Crippen LogP contribution in [-0.4, -0.2) is 30.5 Å². The highest BCUT2D eigenvalue weighted by molar-refractivity contribution is 5.92. The zero-order chi connectivity index (χ0) is 18.2. The van der Waals surface area contributed by atoms with E-state index in [0.29, 0.717) is 12.2 Å². The van der Waals surface area contributed by atoms with Gasteiger partial charge in [-0.15, -0.1) is 6.58 Å². The number of carbonyl (C=O) groups is 1. The fraction of sp³-hybridized carbons (Fsp3) is 0.300. The maximum Gasteiger partial charge on any atom is 0.270 e. The minimum absolute atomic E-state index is 0.203. The average Bonchev–Trinajstić information content (AvgIpc) is 2.63. The van der Waals surface area contributed by atoms with E-state index in [1.807, 2.05) is 6.07 Å². The molecule has 2 aromatic rings. The Hall–Kier alpha value is -2.82. The number of benzene rings is 1. The van der Waals surface area contributed by atoms with E-state index in [4.69, 9.17) is 0 Å². The number of aromatic nitrogens is 1. The number of carbonyl (C=O) groups excluding carboxylic acids is 1. The Labute approximate surface area is 149 Å². The second kappa shape index (κ2) is 8.87. The average molecular weight is 338 g/mol. The molecule has 2 N–H and O–H groups in total. The van der Waals surface area contributed by atoms with Crippen LogP contribution in [0, 0.1) is 6.92 Å². The van der Waals surface area contributed by atoms with Gasteiger partial charge in [-0.1, -0.05) is 6.08 Å². The third kappa shape index (κ3) is 4.83. The second-order valence-corrected chi connectivity index (χ2v) is 5.73. The number of nitrogens with zero attached hydrogens (tertiary/aromatic N) is 2. The summed E-state index contributed by atoms with van der Waals surface area (Å²) >= 11 is 0. The first kappa shape index (κ1) is 18.5. The number of aryl methyl sites for hydroxylation is 1. The largest absolute Gasteiger partial charge is 0.372 e. The SMILES string of the molecule is C=CCNC(=O)c1ccc(Nc2ccc(N(CC)CC)cc2C)cn1. The summed E-state index contributed by atoms with van der Waals surface area (Å²) in [5.74, 6) is -0.203. The van der Waals surface area contributed by atoms with E-state index in [2.05, 4.69) is 66.1 Å². The molecule has 0 aliphatic rings. The van der Waals surface area contributed by atoms with Crippen molar-refractivity contribution in [2.24, 2.45) is 0 Å². The van der Waals surface area contributed by atoms with Gasteiger partial charge in [0.15, 0.2) is 0 Å². The zero-order valence-corrected chi connectivity index (χ0v) is 15.2. The van der Waals surface area contributed by atoms with Crippen molar-refractivity contribution in [2.45, 2.75) is 20.8 Å². The van der Waals surface area contributed by atoms with E-state index in [1.54, 1.807) is 18.3 Å². The van der Waals surface area contributed by atoms with Crippen molar-refractivity contribution in [3.05, 3.63) is 60.4 Å². The first-order valence-corrected chi connectivity index (χ1v) is 8.56. The van der Waals surface area contributed by atoms with Gasteiger partial charge in [-0.25, -0.2) is 4.98 Å². The first-order chi connectivity index (χ1) is 12.1. The number of hydrogen-bond donors (Lipinski definition) is 2. The van der Waals surface area contributed by atoms with Gasteiger partial charge in [-0.2, -0.15) is 0 Å². The van der Waals surface area contributed by atoms with Crippen LogP contribution < -0.4 is 15.5 Å². The van der Waals surface area contributed by atoms with Crippen LogP contribution in [0.4, 0.5) is 17.1 Å². The molecular weight excluding hydrogens is 312 g/mol. The third-order valence-electron chi connectivity index (χ3n) is 4.02. The molecule has 25 heavy (non-hydrogen) atoms. The zero-order valence-electron chi connectivity index (χ0n) is 15.2. The summed E-state index contributed by atoms with van der Waals surface area (Å²) in [5.41, 5.74) is 4.65. The van der Waals surface area contributed by atoms with Gasteiger partial charge < -0.3 is 15.5 Å². The molecule has 1 aromatic carbocycles. The normalized spacial score (nSPS) is 10.2. The minimum Gasteiger partial charge on any atom is -0.372 e. The van der Waals surface area contributed by atoms with Crippen molar-refractivity contribution in [1.82, 2.24) is 10.3 Å². The van der Waals surface area contributed by atoms with E-state index in [1.165, 1.54) is 5.69 Å². The summed E-state index contributed by atoms with van der Waals surface area (Å²) in [6, 6.07) is 9.94. The summed E-state index contributed by atoms with van der Waals surface area (Å²) in [6.07, 6.45) is 3.30. The molecule has 0 spiro atoms. The van der Waals surface area contributed by atoms with E-state index < -0.39 is 0 Å². The van der Waals surface area contributed by atoms with Crippen LogP contribution in [0.15, 0.2) is 49.2 Å². The number of pyridine rings is 1. The first-order valence-electron chi connectivity index (χ1n) is 8.56. The number of amides is 1. The maximum absolute atomic E-state index is 11.8. The van der Waals surface area contributed by atoms with Gasteiger partial charge in [0.1, 0.15) is 5.69 Å². The number of hydrogen-bond acceptors (Lipinski definition) is 4. The smallest absolute Gasteiger partial charge is 0.270 e. The molecule has 0 aliphatic carbocycles. The monoisotopic (exact) mass is 338 g/mol. The molecule has 0 unspecified atom stereocenters. The molecule has 5 heteroatoms. The lowest BCUT2D eigenvalue weighted by Crippen LogP contribution is -2.24. The molecular formula is C20H26N4O. The highest BCUT2D eigenvalue weighted by atomic mass is 16.1. The Morgan fingerprint density at radius 2 is 2.00 bits per heavy atom. The van der Waals surface area contributed by atoms with E-state index >= 15 is 0 Å². The lowest BCUT2D eigenvalue weighted by molar-refractivity contribution is 0.0953. The number of nitrogens with one attached hydrogen (secondary N) is 2. The molecule has 0 aliphatic heterocycles. The Morgan fingerprint density at radius 3 is 2.56 bits per heavy atom. The van der Waals surface area contributed by atoms with Gasteiger partial charge in [-0.05, 0) is 56.7 Å². The van der Waals surface area contributed by atoms with Crippen molar-refractivity contribution in [3.63, 3.8) is 0 Å². The van der Waals surface area contributed by atoms with E-state index in [9.17, 15) is 4.79 Å². The quantitative estimate of drug-likeness (QED) is 0.717. The Kier molecular flexibility index (Phi) is 6.57. The molecule has 1 aromatic heterocycles. The van der Waals surface area contributed by atoms with Crippen LogP contribution in [0.2, 0.25) is 0 Å². The highest BCUT2D eigenvalue weighted by Gasteiger charge is 2.08. The van der Waals surface area contributed by atoms with Crippen LogP contribution in [0.3, 0.4) is 0 Å². The Bertz CT molecular complexity index is 721. The maximum atomic E-state index is 11.8. The minimum atomic E-state index is -0.203. The molecule has 0 radical (unpaired) electrons. The van der Waals surface area contributed by atoms with Crippen molar-refractivity contribution in [3.8, 4) is 0 Å². The van der Waals surface area contributed by atoms with Gasteiger partial charge in [-0.3, -0.25) is 4.79 Å². The summed E-state index contributed by atoms with van der Waals surface area (Å²) in [4.78, 5) is 18.4. The standard InChI is InChI=1S/C20H26N4O/c1-5-12-21-20(25)19-10-8-16(14-22-19)23-18-11-9-17(13-15(18)4)24(6-2)7-3/h5,8-11,13-14,23H,1,6-7,12H2,2-4H3,(H,21,25). The predicted octanol–water partition coefficient (Wildman–Crippen LogP) is 3.90. The van der Waals surface area contributed by atoms with Gasteiger partial charge in [0.2, 0.25) is 0 Å². The molecule has 5 nitrogen and oxygen atoms in total. The van der Waals surface area contributed by atoms with Crippen LogP contribution in [-0.2, 0) is 0 Å². The van der Waals surface area contributed by atoms with Crippen LogP contribution >= 0.6 is 0 Å². The molecule has 1 heterocycles. The highest BCUT2D eigenvalue weighted by Crippen LogP contribution is 2.25. The van der Waals surface area contributed by atoms with Crippen LogP contribution in [0.5, 0.6) is 0 Å². The molecule has 0 atom stereocenters. The van der Waals surface area contributed by atoms with Crippen molar-refractivity contribution >= 4 is 23.0 Å². The summed E-state index contributed by atoms with van der Waals surface area (Å²) in [6.45, 7) is 12.4. The third-order valence-corrected chi connectivity index (χ3v) is 4.02. The fourth-order valence-electron chi connectivity index (χ4n) is 2.59. The van der Waals surface area contributed by atoms with E-state index in [0.717, 1.165) is 30.0 Å². The molecule has 0 fully saturated rings. The van der Waals surface area contributed by atoms with Gasteiger partial charge in [0.25, 0.3) is 5.91 Å². The lowest BCUT2D eigenvalue weighted by Gasteiger charge is -2.22. The van der Waals surface area contributed by atoms with Crippen molar-refractivity contribution < 1.29 is 4.79 Å². The Balaban J connectivity index is 2.09. The molecule has 0 saturated heterocycles. The molecule has 2 rings (SSSR count). The number of anilines is 3. The van der Waals surface area contributed by atoms with Gasteiger partial charge in [0.05, 0.1) is 11.9 Å². The summed E-state index contributed by atoms with van der Waals surface area (Å²) in [7, 11) is 0. The van der Waals surface area contributed by atoms with Gasteiger partial charge >= 0.3 is 0 Å². The predicted molar refractivity (Wildman–Crippen MR) is 105 cm³/mol.